The van der Waals surface area contributed by atoms with Gasteiger partial charge in [-0.1, -0.05) is 12.1 Å². The van der Waals surface area contributed by atoms with Gasteiger partial charge in [-0.25, -0.2) is 8.78 Å². The summed E-state index contributed by atoms with van der Waals surface area (Å²) in [7, 11) is 1.70. The monoisotopic (exact) mass is 319 g/mol. The maximum atomic E-state index is 13.2. The van der Waals surface area contributed by atoms with Crippen molar-refractivity contribution in [1.82, 2.24) is 0 Å². The predicted molar refractivity (Wildman–Crippen MR) is 85.4 cm³/mol. The number of ether oxygens (including phenoxy) is 1. The first-order chi connectivity index (χ1) is 11.1. The summed E-state index contributed by atoms with van der Waals surface area (Å²) < 4.78 is 32.3. The highest BCUT2D eigenvalue weighted by Crippen LogP contribution is 2.45. The van der Waals surface area contributed by atoms with E-state index >= 15 is 0 Å². The van der Waals surface area contributed by atoms with Crippen LogP contribution in [0.25, 0.3) is 0 Å². The van der Waals surface area contributed by atoms with E-state index in [0.717, 1.165) is 18.4 Å². The SMILES string of the molecule is CNc1cccc(C(F)F)c1COc1ccc(O)cc1C1CC1. The van der Waals surface area contributed by atoms with Crippen LogP contribution in [0.2, 0.25) is 0 Å². The van der Waals surface area contributed by atoms with Crippen LogP contribution in [-0.2, 0) is 6.61 Å². The fraction of sp³-hybridized carbons (Fsp3) is 0.333. The lowest BCUT2D eigenvalue weighted by Gasteiger charge is -2.17. The number of hydrogen-bond acceptors (Lipinski definition) is 3. The number of alkyl halides is 2. The van der Waals surface area contributed by atoms with Crippen LogP contribution in [0.3, 0.4) is 0 Å². The molecule has 3 rings (SSSR count). The molecule has 3 nitrogen and oxygen atoms in total. The summed E-state index contributed by atoms with van der Waals surface area (Å²) >= 11 is 0. The first kappa shape index (κ1) is 15.6. The fourth-order valence-electron chi connectivity index (χ4n) is 2.74. The molecular formula is C18H19F2NO2. The Morgan fingerprint density at radius 3 is 2.70 bits per heavy atom. The highest BCUT2D eigenvalue weighted by molar-refractivity contribution is 5.55. The van der Waals surface area contributed by atoms with E-state index in [1.807, 2.05) is 0 Å². The summed E-state index contributed by atoms with van der Waals surface area (Å²) in [5.74, 6) is 1.24. The molecule has 0 bridgehead atoms. The fourth-order valence-corrected chi connectivity index (χ4v) is 2.74. The summed E-state index contributed by atoms with van der Waals surface area (Å²) in [6.45, 7) is 0.0567. The van der Waals surface area contributed by atoms with Crippen LogP contribution < -0.4 is 10.1 Å². The Morgan fingerprint density at radius 2 is 2.04 bits per heavy atom. The first-order valence-corrected chi connectivity index (χ1v) is 7.63. The molecule has 1 aliphatic carbocycles. The number of benzene rings is 2. The average molecular weight is 319 g/mol. The third-order valence-corrected chi connectivity index (χ3v) is 4.10. The maximum absolute atomic E-state index is 13.2. The summed E-state index contributed by atoms with van der Waals surface area (Å²) in [6, 6.07) is 9.73. The molecule has 0 spiro atoms. The van der Waals surface area contributed by atoms with Gasteiger partial charge in [0.1, 0.15) is 18.1 Å². The smallest absolute Gasteiger partial charge is 0.264 e. The molecule has 1 aliphatic rings. The van der Waals surface area contributed by atoms with Crippen molar-refractivity contribution in [3.63, 3.8) is 0 Å². The number of anilines is 1. The van der Waals surface area contributed by atoms with E-state index in [1.165, 1.54) is 6.07 Å². The normalized spacial score (nSPS) is 14.1. The average Bonchev–Trinajstić information content (AvgIpc) is 3.38. The van der Waals surface area contributed by atoms with Crippen LogP contribution in [0.5, 0.6) is 11.5 Å². The van der Waals surface area contributed by atoms with Gasteiger partial charge >= 0.3 is 0 Å². The van der Waals surface area contributed by atoms with Crippen LogP contribution in [0, 0.1) is 0 Å². The Kier molecular flexibility index (Phi) is 4.37. The van der Waals surface area contributed by atoms with Crippen molar-refractivity contribution in [1.29, 1.82) is 0 Å². The molecule has 2 aromatic carbocycles. The molecule has 0 atom stereocenters. The third-order valence-electron chi connectivity index (χ3n) is 4.10. The molecular weight excluding hydrogens is 300 g/mol. The van der Waals surface area contributed by atoms with Gasteiger partial charge in [0.15, 0.2) is 0 Å². The Balaban J connectivity index is 1.86. The van der Waals surface area contributed by atoms with Gasteiger partial charge in [0.2, 0.25) is 0 Å². The Hall–Kier alpha value is -2.30. The topological polar surface area (TPSA) is 41.5 Å². The van der Waals surface area contributed by atoms with Crippen molar-refractivity contribution in [2.24, 2.45) is 0 Å². The molecule has 1 fully saturated rings. The van der Waals surface area contributed by atoms with Gasteiger partial charge in [0.05, 0.1) is 0 Å². The predicted octanol–water partition coefficient (Wildman–Crippen LogP) is 4.83. The van der Waals surface area contributed by atoms with Crippen LogP contribution in [0.4, 0.5) is 14.5 Å². The summed E-state index contributed by atoms with van der Waals surface area (Å²) in [5, 5.41) is 12.6. The zero-order valence-corrected chi connectivity index (χ0v) is 12.9. The highest BCUT2D eigenvalue weighted by Gasteiger charge is 2.27. The van der Waals surface area contributed by atoms with Gasteiger partial charge in [0.25, 0.3) is 6.43 Å². The van der Waals surface area contributed by atoms with Crippen molar-refractivity contribution >= 4 is 5.69 Å². The lowest BCUT2D eigenvalue weighted by molar-refractivity contribution is 0.148. The zero-order chi connectivity index (χ0) is 16.4. The van der Waals surface area contributed by atoms with Gasteiger partial charge < -0.3 is 15.2 Å². The Morgan fingerprint density at radius 1 is 1.26 bits per heavy atom. The quantitative estimate of drug-likeness (QED) is 0.801. The Labute approximate surface area is 133 Å². The number of rotatable bonds is 6. The third kappa shape index (κ3) is 3.38. The van der Waals surface area contributed by atoms with Crippen LogP contribution >= 0.6 is 0 Å². The highest BCUT2D eigenvalue weighted by atomic mass is 19.3. The number of hydrogen-bond donors (Lipinski definition) is 2. The molecule has 0 saturated heterocycles. The van der Waals surface area contributed by atoms with Crippen molar-refractivity contribution < 1.29 is 18.6 Å². The van der Waals surface area contributed by atoms with E-state index in [9.17, 15) is 13.9 Å². The van der Waals surface area contributed by atoms with Crippen molar-refractivity contribution in [2.45, 2.75) is 31.8 Å². The molecule has 0 amide bonds. The molecule has 122 valence electrons. The summed E-state index contributed by atoms with van der Waals surface area (Å²) in [4.78, 5) is 0. The van der Waals surface area contributed by atoms with E-state index in [4.69, 9.17) is 4.74 Å². The summed E-state index contributed by atoms with van der Waals surface area (Å²) in [5.41, 5.74) is 2.02. The number of halogens is 2. The van der Waals surface area contributed by atoms with Crippen molar-refractivity contribution in [2.75, 3.05) is 12.4 Å². The van der Waals surface area contributed by atoms with Crippen LogP contribution in [-0.4, -0.2) is 12.2 Å². The maximum Gasteiger partial charge on any atom is 0.264 e. The van der Waals surface area contributed by atoms with E-state index in [0.29, 0.717) is 22.9 Å². The second-order valence-corrected chi connectivity index (χ2v) is 5.71. The van der Waals surface area contributed by atoms with E-state index < -0.39 is 6.43 Å². The lowest BCUT2D eigenvalue weighted by Crippen LogP contribution is -2.06. The van der Waals surface area contributed by atoms with Crippen LogP contribution in [0.1, 0.15) is 41.9 Å². The van der Waals surface area contributed by atoms with Crippen molar-refractivity contribution in [3.05, 3.63) is 53.1 Å². The molecule has 1 saturated carbocycles. The van der Waals surface area contributed by atoms with Gasteiger partial charge in [-0.05, 0) is 43.0 Å². The van der Waals surface area contributed by atoms with Gasteiger partial charge in [-0.15, -0.1) is 0 Å². The minimum Gasteiger partial charge on any atom is -0.508 e. The van der Waals surface area contributed by atoms with Gasteiger partial charge in [-0.2, -0.15) is 0 Å². The summed E-state index contributed by atoms with van der Waals surface area (Å²) in [6.07, 6.45) is -0.422. The molecule has 0 unspecified atom stereocenters. The lowest BCUT2D eigenvalue weighted by atomic mass is 10.1. The zero-order valence-electron chi connectivity index (χ0n) is 12.9. The molecule has 23 heavy (non-hydrogen) atoms. The van der Waals surface area contributed by atoms with E-state index in [2.05, 4.69) is 5.32 Å². The molecule has 0 aliphatic heterocycles. The number of phenols is 1. The molecule has 0 heterocycles. The van der Waals surface area contributed by atoms with Gasteiger partial charge in [0, 0.05) is 29.4 Å². The number of aromatic hydroxyl groups is 1. The second-order valence-electron chi connectivity index (χ2n) is 5.71. The number of nitrogens with one attached hydrogen (secondary N) is 1. The minimum absolute atomic E-state index is 0.0244. The van der Waals surface area contributed by atoms with E-state index in [-0.39, 0.29) is 17.9 Å². The molecule has 0 radical (unpaired) electrons. The van der Waals surface area contributed by atoms with E-state index in [1.54, 1.807) is 37.4 Å². The number of phenolic OH excluding ortho intramolecular Hbond substituents is 1. The Bertz CT molecular complexity index is 699. The minimum atomic E-state index is -2.55. The second kappa shape index (κ2) is 6.44. The molecule has 2 N–H and O–H groups in total. The molecule has 5 heteroatoms. The standard InChI is InChI=1S/C18H19F2NO2/c1-21-16-4-2-3-13(18(19)20)15(16)10-23-17-8-7-12(22)9-14(17)11-5-6-11/h2-4,7-9,11,18,21-22H,5-6,10H2,1H3. The molecule has 0 aromatic heterocycles. The molecule has 2 aromatic rings. The van der Waals surface area contributed by atoms with Crippen molar-refractivity contribution in [3.8, 4) is 11.5 Å². The van der Waals surface area contributed by atoms with Crippen LogP contribution in [0.15, 0.2) is 36.4 Å². The van der Waals surface area contributed by atoms with Gasteiger partial charge in [-0.3, -0.25) is 0 Å². The largest absolute Gasteiger partial charge is 0.508 e. The first-order valence-electron chi connectivity index (χ1n) is 7.63.